The summed E-state index contributed by atoms with van der Waals surface area (Å²) in [6, 6.07) is 0. The fourth-order valence-corrected chi connectivity index (χ4v) is 4.48. The third kappa shape index (κ3) is 3.18. The fourth-order valence-electron chi connectivity index (χ4n) is 3.07. The highest BCUT2D eigenvalue weighted by Crippen LogP contribution is 2.39. The van der Waals surface area contributed by atoms with Crippen LogP contribution in [0.15, 0.2) is 0 Å². The average Bonchev–Trinajstić information content (AvgIpc) is 2.95. The maximum absolute atomic E-state index is 13.8. The number of thiophene rings is 1. The number of hydrogen-bond donors (Lipinski definition) is 2. The van der Waals surface area contributed by atoms with Crippen molar-refractivity contribution in [3.63, 3.8) is 0 Å². The topological polar surface area (TPSA) is 72.2 Å². The predicted octanol–water partition coefficient (Wildman–Crippen LogP) is 3.92. The van der Waals surface area contributed by atoms with E-state index in [1.54, 1.807) is 0 Å². The minimum absolute atomic E-state index is 0.000813. The van der Waals surface area contributed by atoms with E-state index in [4.69, 9.17) is 5.73 Å². The number of carbonyl (C=O) groups excluding carboxylic acids is 2. The Hall–Kier alpha value is -2.49. The molecule has 0 radical (unpaired) electrons. The molecule has 1 atom stereocenters. The van der Waals surface area contributed by atoms with Gasteiger partial charge in [0, 0.05) is 4.88 Å². The summed E-state index contributed by atoms with van der Waals surface area (Å²) in [5.74, 6) is -13.4. The summed E-state index contributed by atoms with van der Waals surface area (Å²) in [7, 11) is 0. The van der Waals surface area contributed by atoms with Crippen molar-refractivity contribution in [3.8, 4) is 0 Å². The van der Waals surface area contributed by atoms with Gasteiger partial charge in [-0.2, -0.15) is 0 Å². The molecule has 4 nitrogen and oxygen atoms in total. The first-order valence-corrected chi connectivity index (χ1v) is 8.72. The van der Waals surface area contributed by atoms with Crippen molar-refractivity contribution in [2.45, 2.75) is 26.2 Å². The number of amides is 2. The van der Waals surface area contributed by atoms with E-state index < -0.39 is 46.5 Å². The van der Waals surface area contributed by atoms with Gasteiger partial charge in [-0.15, -0.1) is 11.3 Å². The standard InChI is InChI=1S/C17H13F5N2O2S/c1-5-2-3-6-7(4-5)27-17(8(6)15(23)25)24-16(26)9-10(18)12(20)14(22)13(21)11(9)19/h5H,2-4H2,1H3,(H2,23,25)(H,24,26)/t5-/m0/s1. The monoisotopic (exact) mass is 404 g/mol. The molecule has 0 fully saturated rings. The number of hydrogen-bond acceptors (Lipinski definition) is 3. The van der Waals surface area contributed by atoms with Gasteiger partial charge >= 0.3 is 0 Å². The first-order chi connectivity index (χ1) is 12.6. The van der Waals surface area contributed by atoms with Crippen LogP contribution in [0.2, 0.25) is 0 Å². The summed E-state index contributed by atoms with van der Waals surface area (Å²) in [5.41, 5.74) is 4.37. The molecule has 1 aromatic carbocycles. The number of carbonyl (C=O) groups is 2. The fraction of sp³-hybridized carbons (Fsp3) is 0.294. The zero-order chi connectivity index (χ0) is 20.0. The molecular formula is C17H13F5N2O2S. The smallest absolute Gasteiger partial charge is 0.262 e. The number of fused-ring (bicyclic) bond motifs is 1. The Morgan fingerprint density at radius 1 is 1.00 bits per heavy atom. The Morgan fingerprint density at radius 3 is 2.11 bits per heavy atom. The molecule has 0 saturated carbocycles. The Labute approximate surface area is 154 Å². The van der Waals surface area contributed by atoms with Gasteiger partial charge in [-0.05, 0) is 30.7 Å². The third-order valence-electron chi connectivity index (χ3n) is 4.42. The highest BCUT2D eigenvalue weighted by Gasteiger charge is 2.32. The van der Waals surface area contributed by atoms with E-state index in [0.717, 1.165) is 22.6 Å². The van der Waals surface area contributed by atoms with Crippen molar-refractivity contribution in [2.24, 2.45) is 11.7 Å². The van der Waals surface area contributed by atoms with E-state index in [1.807, 2.05) is 6.92 Å². The van der Waals surface area contributed by atoms with Crippen LogP contribution in [-0.4, -0.2) is 11.8 Å². The Kier molecular flexibility index (Phi) is 4.94. The van der Waals surface area contributed by atoms with Gasteiger partial charge in [0.1, 0.15) is 10.6 Å². The molecule has 1 aliphatic rings. The summed E-state index contributed by atoms with van der Waals surface area (Å²) < 4.78 is 67.4. The van der Waals surface area contributed by atoms with Crippen LogP contribution in [0.3, 0.4) is 0 Å². The van der Waals surface area contributed by atoms with Crippen LogP contribution in [0.25, 0.3) is 0 Å². The lowest BCUT2D eigenvalue weighted by atomic mass is 9.88. The Bertz CT molecular complexity index is 944. The highest BCUT2D eigenvalue weighted by molar-refractivity contribution is 7.17. The van der Waals surface area contributed by atoms with E-state index in [-0.39, 0.29) is 10.6 Å². The highest BCUT2D eigenvalue weighted by atomic mass is 32.1. The van der Waals surface area contributed by atoms with Crippen LogP contribution in [-0.2, 0) is 12.8 Å². The van der Waals surface area contributed by atoms with Crippen molar-refractivity contribution in [2.75, 3.05) is 5.32 Å². The minimum Gasteiger partial charge on any atom is -0.365 e. The largest absolute Gasteiger partial charge is 0.365 e. The second-order valence-electron chi connectivity index (χ2n) is 6.32. The molecule has 0 bridgehead atoms. The zero-order valence-electron chi connectivity index (χ0n) is 13.9. The second kappa shape index (κ2) is 6.91. The van der Waals surface area contributed by atoms with E-state index in [1.165, 1.54) is 0 Å². The maximum atomic E-state index is 13.8. The molecule has 0 aliphatic heterocycles. The number of rotatable bonds is 3. The second-order valence-corrected chi connectivity index (χ2v) is 7.42. The van der Waals surface area contributed by atoms with E-state index in [2.05, 4.69) is 5.32 Å². The minimum atomic E-state index is -2.36. The molecule has 0 unspecified atom stereocenters. The van der Waals surface area contributed by atoms with Crippen molar-refractivity contribution in [1.29, 1.82) is 0 Å². The lowest BCUT2D eigenvalue weighted by Crippen LogP contribution is -2.22. The van der Waals surface area contributed by atoms with Gasteiger partial charge in [0.2, 0.25) is 5.82 Å². The molecule has 1 aliphatic carbocycles. The zero-order valence-corrected chi connectivity index (χ0v) is 14.7. The lowest BCUT2D eigenvalue weighted by molar-refractivity contribution is 0.1000. The Balaban J connectivity index is 2.05. The third-order valence-corrected chi connectivity index (χ3v) is 5.59. The summed E-state index contributed by atoms with van der Waals surface area (Å²) in [6.45, 7) is 2.00. The lowest BCUT2D eigenvalue weighted by Gasteiger charge is -2.18. The SMILES string of the molecule is C[C@H]1CCc2c(sc(NC(=O)c3c(F)c(F)c(F)c(F)c3F)c2C(N)=O)C1. The van der Waals surface area contributed by atoms with Gasteiger partial charge in [0.25, 0.3) is 11.8 Å². The van der Waals surface area contributed by atoms with Crippen LogP contribution in [0.5, 0.6) is 0 Å². The number of nitrogens with two attached hydrogens (primary N) is 1. The molecule has 27 heavy (non-hydrogen) atoms. The van der Waals surface area contributed by atoms with Crippen LogP contribution in [0, 0.1) is 35.0 Å². The molecule has 1 aromatic heterocycles. The van der Waals surface area contributed by atoms with Crippen LogP contribution < -0.4 is 11.1 Å². The van der Waals surface area contributed by atoms with Crippen LogP contribution in [0.1, 0.15) is 44.5 Å². The molecule has 0 saturated heterocycles. The van der Waals surface area contributed by atoms with Crippen molar-refractivity contribution >= 4 is 28.2 Å². The first-order valence-electron chi connectivity index (χ1n) is 7.90. The van der Waals surface area contributed by atoms with Crippen LogP contribution in [0.4, 0.5) is 27.0 Å². The maximum Gasteiger partial charge on any atom is 0.262 e. The molecule has 10 heteroatoms. The molecule has 0 spiro atoms. The quantitative estimate of drug-likeness (QED) is 0.462. The Morgan fingerprint density at radius 2 is 1.56 bits per heavy atom. The molecule has 3 N–H and O–H groups in total. The normalized spacial score (nSPS) is 16.1. The summed E-state index contributed by atoms with van der Waals surface area (Å²) in [4.78, 5) is 24.8. The van der Waals surface area contributed by atoms with Gasteiger partial charge < -0.3 is 11.1 Å². The number of nitrogens with one attached hydrogen (secondary N) is 1. The van der Waals surface area contributed by atoms with Gasteiger partial charge in [-0.1, -0.05) is 6.92 Å². The molecule has 144 valence electrons. The number of primary amides is 1. The van der Waals surface area contributed by atoms with Gasteiger partial charge in [0.15, 0.2) is 23.3 Å². The van der Waals surface area contributed by atoms with Gasteiger partial charge in [-0.3, -0.25) is 9.59 Å². The molecule has 1 heterocycles. The van der Waals surface area contributed by atoms with E-state index in [9.17, 15) is 31.5 Å². The molecule has 2 aromatic rings. The number of benzene rings is 1. The van der Waals surface area contributed by atoms with Crippen LogP contribution >= 0.6 is 11.3 Å². The summed E-state index contributed by atoms with van der Waals surface area (Å²) in [6.07, 6.45) is 1.94. The average molecular weight is 404 g/mol. The number of anilines is 1. The first kappa shape index (κ1) is 19.3. The molecular weight excluding hydrogens is 391 g/mol. The predicted molar refractivity (Wildman–Crippen MR) is 88.2 cm³/mol. The molecule has 2 amide bonds. The van der Waals surface area contributed by atoms with Gasteiger partial charge in [-0.25, -0.2) is 22.0 Å². The summed E-state index contributed by atoms with van der Waals surface area (Å²) >= 11 is 1.00. The number of halogens is 5. The molecule has 3 rings (SSSR count). The van der Waals surface area contributed by atoms with E-state index >= 15 is 0 Å². The van der Waals surface area contributed by atoms with Crippen molar-refractivity contribution in [1.82, 2.24) is 0 Å². The van der Waals surface area contributed by atoms with E-state index in [0.29, 0.717) is 24.3 Å². The van der Waals surface area contributed by atoms with Crippen molar-refractivity contribution < 1.29 is 31.5 Å². The van der Waals surface area contributed by atoms with Gasteiger partial charge in [0.05, 0.1) is 5.56 Å². The summed E-state index contributed by atoms with van der Waals surface area (Å²) in [5, 5.41) is 2.01. The van der Waals surface area contributed by atoms with Crippen molar-refractivity contribution in [3.05, 3.63) is 50.7 Å².